The van der Waals surface area contributed by atoms with Gasteiger partial charge in [0.25, 0.3) is 0 Å². The molecule has 2 aromatic rings. The SMILES string of the molecule is C[C@@H](c1ccccc1)N(O)CC(CCCCNC(=O)OC(C)(C)C)C(=O)OCc1ccccc1. The summed E-state index contributed by atoms with van der Waals surface area (Å²) in [5.41, 5.74) is 1.33. The zero-order valence-electron chi connectivity index (χ0n) is 20.7. The summed E-state index contributed by atoms with van der Waals surface area (Å²) in [6.45, 7) is 8.13. The standard InChI is InChI=1S/C27H38N2O5/c1-21(23-15-9-6-10-16-23)29(32)19-24(25(30)33-20-22-13-7-5-8-14-22)17-11-12-18-28-26(31)34-27(2,3)4/h5-10,13-16,21,24,32H,11-12,17-20H2,1-4H3,(H,28,31)/t21-,24?/m0/s1. The van der Waals surface area contributed by atoms with E-state index in [1.165, 1.54) is 5.06 Å². The predicted molar refractivity (Wildman–Crippen MR) is 131 cm³/mol. The number of unbranched alkanes of at least 4 members (excludes halogenated alkanes) is 1. The van der Waals surface area contributed by atoms with E-state index in [0.29, 0.717) is 25.8 Å². The lowest BCUT2D eigenvalue weighted by Crippen LogP contribution is -2.34. The zero-order chi connectivity index (χ0) is 25.0. The second kappa shape index (κ2) is 13.7. The van der Waals surface area contributed by atoms with Crippen molar-refractivity contribution >= 4 is 12.1 Å². The van der Waals surface area contributed by atoms with Gasteiger partial charge in [-0.3, -0.25) is 4.79 Å². The fraction of sp³-hybridized carbons (Fsp3) is 0.481. The molecule has 0 saturated heterocycles. The van der Waals surface area contributed by atoms with Gasteiger partial charge in [-0.25, -0.2) is 4.79 Å². The summed E-state index contributed by atoms with van der Waals surface area (Å²) < 4.78 is 10.8. The van der Waals surface area contributed by atoms with Crippen molar-refractivity contribution in [1.29, 1.82) is 0 Å². The topological polar surface area (TPSA) is 88.1 Å². The van der Waals surface area contributed by atoms with Crippen LogP contribution in [0.1, 0.15) is 64.1 Å². The minimum atomic E-state index is -0.544. The highest BCUT2D eigenvalue weighted by molar-refractivity contribution is 5.72. The van der Waals surface area contributed by atoms with Crippen LogP contribution in [0.5, 0.6) is 0 Å². The number of ether oxygens (including phenoxy) is 2. The van der Waals surface area contributed by atoms with Gasteiger partial charge in [-0.15, -0.1) is 0 Å². The molecule has 7 heteroatoms. The summed E-state index contributed by atoms with van der Waals surface area (Å²) in [6.07, 6.45) is 1.45. The molecule has 186 valence electrons. The molecule has 0 radical (unpaired) electrons. The van der Waals surface area contributed by atoms with Crippen molar-refractivity contribution in [1.82, 2.24) is 10.4 Å². The summed E-state index contributed by atoms with van der Waals surface area (Å²) in [5.74, 6) is -0.843. The third-order valence-corrected chi connectivity index (χ3v) is 5.34. The highest BCUT2D eigenvalue weighted by Gasteiger charge is 2.25. The minimum Gasteiger partial charge on any atom is -0.461 e. The Morgan fingerprint density at radius 2 is 1.62 bits per heavy atom. The molecule has 1 unspecified atom stereocenters. The monoisotopic (exact) mass is 470 g/mol. The molecule has 2 aromatic carbocycles. The highest BCUT2D eigenvalue weighted by Crippen LogP contribution is 2.22. The van der Waals surface area contributed by atoms with Gasteiger partial charge in [-0.1, -0.05) is 67.1 Å². The van der Waals surface area contributed by atoms with Crippen LogP contribution in [0.3, 0.4) is 0 Å². The Hall–Kier alpha value is -2.90. The molecular weight excluding hydrogens is 432 g/mol. The van der Waals surface area contributed by atoms with Crippen molar-refractivity contribution in [2.24, 2.45) is 5.92 Å². The fourth-order valence-electron chi connectivity index (χ4n) is 3.44. The first-order valence-electron chi connectivity index (χ1n) is 11.8. The number of amides is 1. The number of nitrogens with zero attached hydrogens (tertiary/aromatic N) is 1. The molecule has 0 aromatic heterocycles. The molecule has 1 amide bonds. The fourth-order valence-corrected chi connectivity index (χ4v) is 3.44. The molecule has 0 bridgehead atoms. The van der Waals surface area contributed by atoms with Gasteiger partial charge in [0.2, 0.25) is 0 Å². The van der Waals surface area contributed by atoms with Crippen molar-refractivity contribution in [3.63, 3.8) is 0 Å². The average molecular weight is 471 g/mol. The smallest absolute Gasteiger partial charge is 0.407 e. The maximum Gasteiger partial charge on any atom is 0.407 e. The number of carbonyl (C=O) groups excluding carboxylic acids is 2. The predicted octanol–water partition coefficient (Wildman–Crippen LogP) is 5.49. The van der Waals surface area contributed by atoms with Crippen LogP contribution in [0, 0.1) is 5.92 Å². The van der Waals surface area contributed by atoms with Crippen LogP contribution in [0.4, 0.5) is 4.79 Å². The number of hydrogen-bond donors (Lipinski definition) is 2. The van der Waals surface area contributed by atoms with Gasteiger partial charge in [-0.05, 0) is 51.7 Å². The van der Waals surface area contributed by atoms with Gasteiger partial charge >= 0.3 is 12.1 Å². The number of alkyl carbamates (subject to hydrolysis) is 1. The van der Waals surface area contributed by atoms with E-state index in [4.69, 9.17) is 9.47 Å². The van der Waals surface area contributed by atoms with Crippen LogP contribution in [0.15, 0.2) is 60.7 Å². The molecular formula is C27H38N2O5. The summed E-state index contributed by atoms with van der Waals surface area (Å²) >= 11 is 0. The van der Waals surface area contributed by atoms with Gasteiger partial charge in [0.15, 0.2) is 0 Å². The van der Waals surface area contributed by atoms with E-state index in [9.17, 15) is 14.8 Å². The van der Waals surface area contributed by atoms with Crippen molar-refractivity contribution in [3.05, 3.63) is 71.8 Å². The van der Waals surface area contributed by atoms with E-state index < -0.39 is 17.6 Å². The van der Waals surface area contributed by atoms with E-state index in [-0.39, 0.29) is 25.2 Å². The van der Waals surface area contributed by atoms with Gasteiger partial charge in [0.05, 0.1) is 12.0 Å². The molecule has 0 spiro atoms. The molecule has 2 rings (SSSR count). The van der Waals surface area contributed by atoms with E-state index in [1.54, 1.807) is 0 Å². The summed E-state index contributed by atoms with van der Waals surface area (Å²) in [5, 5.41) is 14.6. The number of benzene rings is 2. The number of hydroxylamine groups is 2. The molecule has 2 N–H and O–H groups in total. The second-order valence-corrected chi connectivity index (χ2v) is 9.42. The van der Waals surface area contributed by atoms with Crippen molar-refractivity contribution in [2.75, 3.05) is 13.1 Å². The highest BCUT2D eigenvalue weighted by atomic mass is 16.6. The Kier molecular flexibility index (Phi) is 11.0. The number of rotatable bonds is 12. The normalized spacial score (nSPS) is 13.2. The molecule has 2 atom stereocenters. The van der Waals surface area contributed by atoms with E-state index >= 15 is 0 Å². The summed E-state index contributed by atoms with van der Waals surface area (Å²) in [7, 11) is 0. The van der Waals surface area contributed by atoms with Crippen LogP contribution in [0.25, 0.3) is 0 Å². The first-order valence-corrected chi connectivity index (χ1v) is 11.8. The Labute approximate surface area is 203 Å². The number of esters is 1. The molecule has 34 heavy (non-hydrogen) atoms. The third kappa shape index (κ3) is 10.4. The van der Waals surface area contributed by atoms with Crippen LogP contribution in [-0.4, -0.2) is 41.0 Å². The Bertz CT molecular complexity index is 868. The lowest BCUT2D eigenvalue weighted by Gasteiger charge is -2.27. The van der Waals surface area contributed by atoms with Crippen molar-refractivity contribution < 1.29 is 24.3 Å². The minimum absolute atomic E-state index is 0.156. The maximum atomic E-state index is 12.9. The third-order valence-electron chi connectivity index (χ3n) is 5.34. The summed E-state index contributed by atoms with van der Waals surface area (Å²) in [6, 6.07) is 18.9. The molecule has 0 aliphatic carbocycles. The average Bonchev–Trinajstić information content (AvgIpc) is 2.81. The molecule has 0 aliphatic heterocycles. The lowest BCUT2D eigenvalue weighted by molar-refractivity contribution is -0.164. The maximum absolute atomic E-state index is 12.9. The molecule has 7 nitrogen and oxygen atoms in total. The van der Waals surface area contributed by atoms with Crippen molar-refractivity contribution in [3.8, 4) is 0 Å². The zero-order valence-corrected chi connectivity index (χ0v) is 20.7. The van der Waals surface area contributed by atoms with Gasteiger partial charge < -0.3 is 20.0 Å². The number of hydrogen-bond acceptors (Lipinski definition) is 6. The molecule has 0 aliphatic rings. The lowest BCUT2D eigenvalue weighted by atomic mass is 10.00. The quantitative estimate of drug-likeness (QED) is 0.242. The largest absolute Gasteiger partial charge is 0.461 e. The summed E-state index contributed by atoms with van der Waals surface area (Å²) in [4.78, 5) is 24.7. The Morgan fingerprint density at radius 3 is 2.24 bits per heavy atom. The van der Waals surface area contributed by atoms with Crippen LogP contribution in [0.2, 0.25) is 0 Å². The van der Waals surface area contributed by atoms with Crippen LogP contribution >= 0.6 is 0 Å². The Balaban J connectivity index is 1.90. The first kappa shape index (κ1) is 27.3. The van der Waals surface area contributed by atoms with E-state index in [0.717, 1.165) is 11.1 Å². The number of carbonyl (C=O) groups is 2. The Morgan fingerprint density at radius 1 is 1.00 bits per heavy atom. The molecule has 0 saturated carbocycles. The van der Waals surface area contributed by atoms with Gasteiger partial charge in [0.1, 0.15) is 12.2 Å². The molecule has 0 heterocycles. The van der Waals surface area contributed by atoms with Crippen molar-refractivity contribution in [2.45, 2.75) is 65.2 Å². The first-order chi connectivity index (χ1) is 16.2. The van der Waals surface area contributed by atoms with E-state index in [1.807, 2.05) is 88.4 Å². The second-order valence-electron chi connectivity index (χ2n) is 9.42. The number of nitrogens with one attached hydrogen (secondary N) is 1. The van der Waals surface area contributed by atoms with Gasteiger partial charge in [0, 0.05) is 13.1 Å². The van der Waals surface area contributed by atoms with E-state index in [2.05, 4.69) is 5.32 Å². The van der Waals surface area contributed by atoms with Crippen LogP contribution in [-0.2, 0) is 20.9 Å². The van der Waals surface area contributed by atoms with Gasteiger partial charge in [-0.2, -0.15) is 5.06 Å². The van der Waals surface area contributed by atoms with Crippen LogP contribution < -0.4 is 5.32 Å². The molecule has 0 fully saturated rings.